The number of hydrogen-bond donors (Lipinski definition) is 1. The molecule has 1 aliphatic carbocycles. The smallest absolute Gasteiger partial charge is 0.0484 e. The SMILES string of the molecule is CCCC(C)(CO)CC1CCCCC1. The van der Waals surface area contributed by atoms with Gasteiger partial charge >= 0.3 is 0 Å². The first-order valence-electron chi connectivity index (χ1n) is 6.31. The molecule has 84 valence electrons. The van der Waals surface area contributed by atoms with Crippen molar-refractivity contribution in [3.05, 3.63) is 0 Å². The van der Waals surface area contributed by atoms with Gasteiger partial charge in [-0.15, -0.1) is 0 Å². The van der Waals surface area contributed by atoms with Gasteiger partial charge in [-0.2, -0.15) is 0 Å². The van der Waals surface area contributed by atoms with Gasteiger partial charge in [0, 0.05) is 6.61 Å². The summed E-state index contributed by atoms with van der Waals surface area (Å²) in [6.07, 6.45) is 10.7. The Morgan fingerprint density at radius 3 is 2.36 bits per heavy atom. The summed E-state index contributed by atoms with van der Waals surface area (Å²) in [7, 11) is 0. The lowest BCUT2D eigenvalue weighted by Gasteiger charge is -2.33. The summed E-state index contributed by atoms with van der Waals surface area (Å²) in [6.45, 7) is 4.84. The van der Waals surface area contributed by atoms with Crippen LogP contribution in [0.2, 0.25) is 0 Å². The van der Waals surface area contributed by atoms with Gasteiger partial charge in [0.1, 0.15) is 0 Å². The second-order valence-corrected chi connectivity index (χ2v) is 5.43. The molecule has 1 heteroatoms. The molecule has 14 heavy (non-hydrogen) atoms. The van der Waals surface area contributed by atoms with Crippen LogP contribution in [0, 0.1) is 11.3 Å². The second-order valence-electron chi connectivity index (χ2n) is 5.43. The van der Waals surface area contributed by atoms with Crippen LogP contribution in [0.4, 0.5) is 0 Å². The van der Waals surface area contributed by atoms with Gasteiger partial charge in [0.05, 0.1) is 0 Å². The topological polar surface area (TPSA) is 20.2 Å². The van der Waals surface area contributed by atoms with E-state index in [0.29, 0.717) is 6.61 Å². The molecule has 0 amide bonds. The van der Waals surface area contributed by atoms with Crippen molar-refractivity contribution in [2.75, 3.05) is 6.61 Å². The van der Waals surface area contributed by atoms with Crippen LogP contribution in [0.25, 0.3) is 0 Å². The minimum atomic E-state index is 0.205. The van der Waals surface area contributed by atoms with Crippen molar-refractivity contribution < 1.29 is 5.11 Å². The molecule has 1 rings (SSSR count). The average molecular weight is 198 g/mol. The predicted molar refractivity (Wildman–Crippen MR) is 61.3 cm³/mol. The van der Waals surface area contributed by atoms with E-state index in [2.05, 4.69) is 13.8 Å². The van der Waals surface area contributed by atoms with Crippen LogP contribution in [0.3, 0.4) is 0 Å². The average Bonchev–Trinajstić information content (AvgIpc) is 2.20. The fourth-order valence-electron chi connectivity index (χ4n) is 2.94. The Morgan fingerprint density at radius 1 is 1.21 bits per heavy atom. The van der Waals surface area contributed by atoms with Crippen LogP contribution < -0.4 is 0 Å². The molecule has 1 saturated carbocycles. The first-order chi connectivity index (χ1) is 6.70. The van der Waals surface area contributed by atoms with Crippen molar-refractivity contribution in [1.29, 1.82) is 0 Å². The Hall–Kier alpha value is -0.0400. The summed E-state index contributed by atoms with van der Waals surface area (Å²) in [5, 5.41) is 9.45. The van der Waals surface area contributed by atoms with E-state index >= 15 is 0 Å². The summed E-state index contributed by atoms with van der Waals surface area (Å²) in [5.74, 6) is 0.896. The quantitative estimate of drug-likeness (QED) is 0.713. The number of aliphatic hydroxyl groups is 1. The van der Waals surface area contributed by atoms with Gasteiger partial charge in [0.2, 0.25) is 0 Å². The van der Waals surface area contributed by atoms with Crippen LogP contribution in [0.1, 0.15) is 65.2 Å². The van der Waals surface area contributed by atoms with Crippen molar-refractivity contribution in [3.8, 4) is 0 Å². The Kier molecular flexibility index (Phi) is 4.94. The molecule has 0 spiro atoms. The Labute approximate surface area is 88.9 Å². The van der Waals surface area contributed by atoms with Crippen LogP contribution >= 0.6 is 0 Å². The third kappa shape index (κ3) is 3.61. The molecule has 0 heterocycles. The van der Waals surface area contributed by atoms with Gasteiger partial charge < -0.3 is 5.11 Å². The molecular formula is C13H26O. The number of rotatable bonds is 5. The summed E-state index contributed by atoms with van der Waals surface area (Å²) in [6, 6.07) is 0. The van der Waals surface area contributed by atoms with Crippen LogP contribution in [-0.2, 0) is 0 Å². The molecule has 0 saturated heterocycles. The maximum atomic E-state index is 9.45. The lowest BCUT2D eigenvalue weighted by molar-refractivity contribution is 0.0932. The zero-order valence-electron chi connectivity index (χ0n) is 9.89. The highest BCUT2D eigenvalue weighted by Crippen LogP contribution is 2.37. The van der Waals surface area contributed by atoms with Gasteiger partial charge in [0.25, 0.3) is 0 Å². The summed E-state index contributed by atoms with van der Waals surface area (Å²) in [5.41, 5.74) is 0.205. The van der Waals surface area contributed by atoms with Gasteiger partial charge in [-0.1, -0.05) is 52.4 Å². The van der Waals surface area contributed by atoms with Gasteiger partial charge in [0.15, 0.2) is 0 Å². The van der Waals surface area contributed by atoms with E-state index in [9.17, 15) is 5.11 Å². The fourth-order valence-corrected chi connectivity index (χ4v) is 2.94. The standard InChI is InChI=1S/C13H26O/c1-3-9-13(2,11-14)10-12-7-5-4-6-8-12/h12,14H,3-11H2,1-2H3. The molecule has 1 fully saturated rings. The van der Waals surface area contributed by atoms with Gasteiger partial charge in [-0.3, -0.25) is 0 Å². The molecule has 0 aliphatic heterocycles. The van der Waals surface area contributed by atoms with E-state index in [0.717, 1.165) is 5.92 Å². The third-order valence-electron chi connectivity index (χ3n) is 3.74. The van der Waals surface area contributed by atoms with E-state index in [4.69, 9.17) is 0 Å². The second kappa shape index (κ2) is 5.75. The van der Waals surface area contributed by atoms with Crippen LogP contribution in [0.15, 0.2) is 0 Å². The molecule has 0 radical (unpaired) electrons. The summed E-state index contributed by atoms with van der Waals surface area (Å²) >= 11 is 0. The normalized spacial score (nSPS) is 23.4. The first-order valence-corrected chi connectivity index (χ1v) is 6.31. The zero-order chi connectivity index (χ0) is 10.4. The molecule has 1 nitrogen and oxygen atoms in total. The molecular weight excluding hydrogens is 172 g/mol. The lowest BCUT2D eigenvalue weighted by atomic mass is 9.74. The maximum absolute atomic E-state index is 9.45. The number of aliphatic hydroxyl groups excluding tert-OH is 1. The van der Waals surface area contributed by atoms with E-state index in [1.165, 1.54) is 51.4 Å². The van der Waals surface area contributed by atoms with Crippen molar-refractivity contribution in [2.24, 2.45) is 11.3 Å². The minimum Gasteiger partial charge on any atom is -0.396 e. The first kappa shape index (κ1) is 12.0. The van der Waals surface area contributed by atoms with E-state index < -0.39 is 0 Å². The van der Waals surface area contributed by atoms with E-state index in [-0.39, 0.29) is 5.41 Å². The fraction of sp³-hybridized carbons (Fsp3) is 1.00. The molecule has 0 aromatic carbocycles. The summed E-state index contributed by atoms with van der Waals surface area (Å²) < 4.78 is 0. The molecule has 0 aromatic heterocycles. The van der Waals surface area contributed by atoms with E-state index in [1.807, 2.05) is 0 Å². The maximum Gasteiger partial charge on any atom is 0.0484 e. The van der Waals surface area contributed by atoms with Crippen molar-refractivity contribution in [1.82, 2.24) is 0 Å². The van der Waals surface area contributed by atoms with Crippen molar-refractivity contribution in [2.45, 2.75) is 65.2 Å². The Morgan fingerprint density at radius 2 is 1.86 bits per heavy atom. The van der Waals surface area contributed by atoms with Gasteiger partial charge in [-0.25, -0.2) is 0 Å². The minimum absolute atomic E-state index is 0.205. The highest BCUT2D eigenvalue weighted by atomic mass is 16.3. The number of hydrogen-bond acceptors (Lipinski definition) is 1. The van der Waals surface area contributed by atoms with Crippen molar-refractivity contribution >= 4 is 0 Å². The Balaban J connectivity index is 2.37. The predicted octanol–water partition coefficient (Wildman–Crippen LogP) is 3.76. The molecule has 0 bridgehead atoms. The monoisotopic (exact) mass is 198 g/mol. The van der Waals surface area contributed by atoms with Crippen LogP contribution in [0.5, 0.6) is 0 Å². The van der Waals surface area contributed by atoms with Crippen molar-refractivity contribution in [3.63, 3.8) is 0 Å². The molecule has 1 atom stereocenters. The lowest BCUT2D eigenvalue weighted by Crippen LogP contribution is -2.25. The zero-order valence-corrected chi connectivity index (χ0v) is 9.89. The highest BCUT2D eigenvalue weighted by molar-refractivity contribution is 4.78. The largest absolute Gasteiger partial charge is 0.396 e. The Bertz CT molecular complexity index is 149. The summed E-state index contributed by atoms with van der Waals surface area (Å²) in [4.78, 5) is 0. The van der Waals surface area contributed by atoms with E-state index in [1.54, 1.807) is 0 Å². The molecule has 1 unspecified atom stereocenters. The van der Waals surface area contributed by atoms with Gasteiger partial charge in [-0.05, 0) is 24.2 Å². The highest BCUT2D eigenvalue weighted by Gasteiger charge is 2.27. The van der Waals surface area contributed by atoms with Crippen LogP contribution in [-0.4, -0.2) is 11.7 Å². The molecule has 0 aromatic rings. The third-order valence-corrected chi connectivity index (χ3v) is 3.74. The molecule has 1 aliphatic rings. The molecule has 1 N–H and O–H groups in total.